The summed E-state index contributed by atoms with van der Waals surface area (Å²) in [5.74, 6) is -0.985. The summed E-state index contributed by atoms with van der Waals surface area (Å²) < 4.78 is 1.11. The van der Waals surface area contributed by atoms with Crippen LogP contribution >= 0.6 is 22.7 Å². The van der Waals surface area contributed by atoms with Crippen LogP contribution < -0.4 is 10.7 Å². The molecule has 0 spiro atoms. The summed E-state index contributed by atoms with van der Waals surface area (Å²) in [5, 5.41) is 18.9. The third kappa shape index (κ3) is 3.77. The summed E-state index contributed by atoms with van der Waals surface area (Å²) in [4.78, 5) is 21.2. The Morgan fingerprint density at radius 2 is 2.10 bits per heavy atom. The molecule has 7 nitrogen and oxygen atoms in total. The first-order valence-corrected chi connectivity index (χ1v) is 11.6. The van der Waals surface area contributed by atoms with Crippen LogP contribution in [0.4, 0.5) is 10.8 Å². The summed E-state index contributed by atoms with van der Waals surface area (Å²) in [7, 11) is 0. The van der Waals surface area contributed by atoms with Gasteiger partial charge in [-0.2, -0.15) is 5.10 Å². The molecule has 0 radical (unpaired) electrons. The molecular formula is C22H19N5O2S2. The topological polar surface area (TPSA) is 99.5 Å². The number of hydrogen-bond acceptors (Lipinski definition) is 8. The molecule has 0 fully saturated rings. The highest BCUT2D eigenvalue weighted by Gasteiger charge is 2.20. The van der Waals surface area contributed by atoms with Gasteiger partial charge >= 0.3 is 5.97 Å². The summed E-state index contributed by atoms with van der Waals surface area (Å²) in [6.07, 6.45) is 1.41. The maximum atomic E-state index is 11.5. The smallest absolute Gasteiger partial charge is 0.355 e. The lowest BCUT2D eigenvalue weighted by atomic mass is 9.99. The Bertz CT molecular complexity index is 1290. The normalized spacial score (nSPS) is 14.4. The number of thiazole rings is 2. The molecule has 3 N–H and O–H groups in total. The van der Waals surface area contributed by atoms with E-state index in [-0.39, 0.29) is 5.69 Å². The minimum Gasteiger partial charge on any atom is -0.476 e. The lowest BCUT2D eigenvalue weighted by Gasteiger charge is -2.20. The number of carboxylic acids is 1. The molecule has 0 amide bonds. The molecule has 0 saturated carbocycles. The van der Waals surface area contributed by atoms with E-state index < -0.39 is 5.97 Å². The Kier molecular flexibility index (Phi) is 5.13. The average Bonchev–Trinajstić information content (AvgIpc) is 3.41. The molecule has 9 heteroatoms. The Hall–Kier alpha value is -3.30. The second kappa shape index (κ2) is 8.09. The van der Waals surface area contributed by atoms with E-state index >= 15 is 0 Å². The van der Waals surface area contributed by atoms with E-state index in [9.17, 15) is 9.90 Å². The monoisotopic (exact) mass is 449 g/mol. The van der Waals surface area contributed by atoms with Crippen LogP contribution in [0.15, 0.2) is 47.6 Å². The minimum atomic E-state index is -0.985. The van der Waals surface area contributed by atoms with Gasteiger partial charge in [0.2, 0.25) is 5.13 Å². The van der Waals surface area contributed by atoms with Crippen LogP contribution in [0.1, 0.15) is 34.3 Å². The van der Waals surface area contributed by atoms with Crippen molar-refractivity contribution in [1.82, 2.24) is 9.97 Å². The van der Waals surface area contributed by atoms with Crippen molar-refractivity contribution in [3.05, 3.63) is 58.6 Å². The second-order valence-electron chi connectivity index (χ2n) is 7.04. The summed E-state index contributed by atoms with van der Waals surface area (Å²) in [6.45, 7) is 2.74. The van der Waals surface area contributed by atoms with Gasteiger partial charge in [0.25, 0.3) is 0 Å². The molecule has 0 atom stereocenters. The summed E-state index contributed by atoms with van der Waals surface area (Å²) >= 11 is 3.00. The van der Waals surface area contributed by atoms with Crippen LogP contribution in [0.5, 0.6) is 0 Å². The number of hydrazone groups is 1. The van der Waals surface area contributed by atoms with Crippen LogP contribution in [-0.4, -0.2) is 33.3 Å². The van der Waals surface area contributed by atoms with Gasteiger partial charge < -0.3 is 10.4 Å². The van der Waals surface area contributed by atoms with E-state index in [1.54, 1.807) is 11.3 Å². The molecule has 156 valence electrons. The minimum absolute atomic E-state index is 0.143. The zero-order valence-corrected chi connectivity index (χ0v) is 18.3. The molecule has 3 heterocycles. The largest absolute Gasteiger partial charge is 0.476 e. The molecule has 0 aliphatic carbocycles. The first-order valence-electron chi connectivity index (χ1n) is 9.92. The fourth-order valence-corrected chi connectivity index (χ4v) is 5.35. The van der Waals surface area contributed by atoms with Crippen molar-refractivity contribution >= 4 is 55.4 Å². The third-order valence-electron chi connectivity index (χ3n) is 5.06. The number of nitrogens with zero attached hydrogens (tertiary/aromatic N) is 3. The van der Waals surface area contributed by atoms with Gasteiger partial charge in [-0.1, -0.05) is 30.4 Å². The number of fused-ring (bicyclic) bond motifs is 2. The van der Waals surface area contributed by atoms with Gasteiger partial charge in [-0.05, 0) is 36.8 Å². The molecule has 31 heavy (non-hydrogen) atoms. The van der Waals surface area contributed by atoms with Gasteiger partial charge in [0.1, 0.15) is 5.01 Å². The van der Waals surface area contributed by atoms with E-state index in [1.165, 1.54) is 11.3 Å². The molecular weight excluding hydrogens is 430 g/mol. The first kappa shape index (κ1) is 19.7. The molecule has 5 rings (SSSR count). The molecule has 0 bridgehead atoms. The van der Waals surface area contributed by atoms with Crippen molar-refractivity contribution in [2.24, 2.45) is 5.10 Å². The molecule has 2 aromatic heterocycles. The Morgan fingerprint density at radius 1 is 1.23 bits per heavy atom. The van der Waals surface area contributed by atoms with Crippen LogP contribution in [0, 0.1) is 0 Å². The highest BCUT2D eigenvalue weighted by molar-refractivity contribution is 7.22. The summed E-state index contributed by atoms with van der Waals surface area (Å²) in [6, 6.07) is 14.0. The van der Waals surface area contributed by atoms with Gasteiger partial charge in [0.15, 0.2) is 5.69 Å². The number of anilines is 2. The number of rotatable bonds is 5. The number of aromatic nitrogens is 2. The van der Waals surface area contributed by atoms with Crippen molar-refractivity contribution in [3.8, 4) is 10.6 Å². The quantitative estimate of drug-likeness (QED) is 0.357. The zero-order chi connectivity index (χ0) is 21.4. The van der Waals surface area contributed by atoms with Crippen molar-refractivity contribution in [2.75, 3.05) is 17.3 Å². The van der Waals surface area contributed by atoms with Crippen molar-refractivity contribution in [3.63, 3.8) is 0 Å². The molecule has 0 unspecified atom stereocenters. The molecule has 1 aliphatic heterocycles. The fraction of sp³-hybridized carbons (Fsp3) is 0.182. The SMILES string of the molecule is CCc1sc(-c2ccc3c(c2)/C(=N/Nc2nc4ccccc4s2)CCN3)nc1C(=O)O. The van der Waals surface area contributed by atoms with E-state index in [0.29, 0.717) is 11.4 Å². The highest BCUT2D eigenvalue weighted by atomic mass is 32.1. The number of benzene rings is 2. The Labute approximate surface area is 186 Å². The van der Waals surface area contributed by atoms with Gasteiger partial charge in [-0.15, -0.1) is 11.3 Å². The molecule has 0 saturated heterocycles. The van der Waals surface area contributed by atoms with E-state index in [0.717, 1.165) is 55.7 Å². The van der Waals surface area contributed by atoms with E-state index in [1.807, 2.05) is 49.4 Å². The standard InChI is InChI=1S/C22H19N5O2S2/c1-2-17-19(21(28)29)25-20(30-17)12-7-8-14-13(11-12)15(9-10-23-14)26-27-22-24-16-5-3-4-6-18(16)31-22/h3-8,11,23H,2,9-10H2,1H3,(H,24,27)(H,28,29)/b26-15+. The number of nitrogens with one attached hydrogen (secondary N) is 2. The Morgan fingerprint density at radius 3 is 2.87 bits per heavy atom. The fourth-order valence-electron chi connectivity index (χ4n) is 3.55. The van der Waals surface area contributed by atoms with Crippen molar-refractivity contribution in [2.45, 2.75) is 19.8 Å². The average molecular weight is 450 g/mol. The van der Waals surface area contributed by atoms with E-state index in [2.05, 4.69) is 25.8 Å². The second-order valence-corrected chi connectivity index (χ2v) is 9.16. The predicted octanol–water partition coefficient (Wildman–Crippen LogP) is 5.31. The zero-order valence-electron chi connectivity index (χ0n) is 16.7. The first-order chi connectivity index (χ1) is 15.1. The molecule has 4 aromatic rings. The number of aromatic carboxylic acids is 1. The number of para-hydroxylation sites is 1. The lowest BCUT2D eigenvalue weighted by molar-refractivity contribution is 0.0690. The van der Waals surface area contributed by atoms with Crippen LogP contribution in [0.2, 0.25) is 0 Å². The van der Waals surface area contributed by atoms with Crippen LogP contribution in [-0.2, 0) is 6.42 Å². The number of carbonyl (C=O) groups is 1. The number of aryl methyl sites for hydroxylation is 1. The number of carboxylic acid groups (broad SMARTS) is 1. The van der Waals surface area contributed by atoms with Crippen LogP contribution in [0.25, 0.3) is 20.8 Å². The van der Waals surface area contributed by atoms with Crippen molar-refractivity contribution in [1.29, 1.82) is 0 Å². The van der Waals surface area contributed by atoms with Crippen LogP contribution in [0.3, 0.4) is 0 Å². The Balaban J connectivity index is 1.48. The van der Waals surface area contributed by atoms with Crippen molar-refractivity contribution < 1.29 is 9.90 Å². The van der Waals surface area contributed by atoms with Gasteiger partial charge in [0, 0.05) is 34.7 Å². The molecule has 2 aromatic carbocycles. The lowest BCUT2D eigenvalue weighted by Crippen LogP contribution is -2.19. The maximum absolute atomic E-state index is 11.5. The molecule has 1 aliphatic rings. The van der Waals surface area contributed by atoms with Gasteiger partial charge in [-0.25, -0.2) is 14.8 Å². The number of hydrogen-bond donors (Lipinski definition) is 3. The maximum Gasteiger partial charge on any atom is 0.355 e. The third-order valence-corrected chi connectivity index (χ3v) is 7.25. The summed E-state index contributed by atoms with van der Waals surface area (Å²) in [5.41, 5.74) is 8.03. The highest BCUT2D eigenvalue weighted by Crippen LogP contribution is 2.33. The van der Waals surface area contributed by atoms with Gasteiger partial charge in [0.05, 0.1) is 15.9 Å². The predicted molar refractivity (Wildman–Crippen MR) is 127 cm³/mol. The van der Waals surface area contributed by atoms with Gasteiger partial charge in [-0.3, -0.25) is 5.43 Å². The van der Waals surface area contributed by atoms with E-state index in [4.69, 9.17) is 0 Å².